The van der Waals surface area contributed by atoms with Gasteiger partial charge in [0.2, 0.25) is 5.91 Å². The van der Waals surface area contributed by atoms with Gasteiger partial charge in [0, 0.05) is 12.0 Å². The molecule has 2 aromatic carbocycles. The van der Waals surface area contributed by atoms with Gasteiger partial charge in [-0.3, -0.25) is 9.59 Å². The van der Waals surface area contributed by atoms with Gasteiger partial charge in [-0.1, -0.05) is 76.2 Å². The van der Waals surface area contributed by atoms with E-state index in [1.165, 1.54) is 0 Å². The van der Waals surface area contributed by atoms with Crippen LogP contribution in [0.5, 0.6) is 0 Å². The Morgan fingerprint density at radius 2 is 1.42 bits per heavy atom. The number of carboxylic acid groups (broad SMARTS) is 1. The second-order valence-corrected chi connectivity index (χ2v) is 9.15. The van der Waals surface area contributed by atoms with Crippen LogP contribution in [0.3, 0.4) is 0 Å². The second kappa shape index (κ2) is 10.5. The molecule has 0 saturated carbocycles. The SMILES string of the molecule is CC(C)C(NC(=O)OCC1c2ccccc2-c2ccccc21)C(=O)N[C@H](CC(=O)O)C(C)C. The quantitative estimate of drug-likeness (QED) is 0.530. The van der Waals surface area contributed by atoms with E-state index in [0.29, 0.717) is 0 Å². The standard InChI is InChI=1S/C26H32N2O5/c1-15(2)22(13-23(29)30)27-25(31)24(16(3)4)28-26(32)33-14-21-19-11-7-5-9-17(19)18-10-6-8-12-20(18)21/h5-12,15-16,21-22,24H,13-14H2,1-4H3,(H,27,31)(H,28,32)(H,29,30)/t22-,24?/m1/s1. The van der Waals surface area contributed by atoms with Crippen molar-refractivity contribution in [2.75, 3.05) is 6.61 Å². The third-order valence-corrected chi connectivity index (χ3v) is 6.09. The van der Waals surface area contributed by atoms with E-state index in [1.54, 1.807) is 0 Å². The minimum Gasteiger partial charge on any atom is -0.481 e. The number of alkyl carbamates (subject to hydrolysis) is 1. The number of amides is 2. The first kappa shape index (κ1) is 24.3. The summed E-state index contributed by atoms with van der Waals surface area (Å²) < 4.78 is 5.56. The van der Waals surface area contributed by atoms with Crippen LogP contribution in [0, 0.1) is 11.8 Å². The molecule has 0 bridgehead atoms. The van der Waals surface area contributed by atoms with Crippen LogP contribution in [0.1, 0.15) is 51.2 Å². The number of nitrogens with one attached hydrogen (secondary N) is 2. The van der Waals surface area contributed by atoms with Crippen molar-refractivity contribution < 1.29 is 24.2 Å². The molecule has 1 aliphatic rings. The fourth-order valence-electron chi connectivity index (χ4n) is 4.22. The van der Waals surface area contributed by atoms with Gasteiger partial charge >= 0.3 is 12.1 Å². The molecule has 0 fully saturated rings. The van der Waals surface area contributed by atoms with E-state index >= 15 is 0 Å². The molecule has 7 nitrogen and oxygen atoms in total. The first-order valence-corrected chi connectivity index (χ1v) is 11.3. The zero-order valence-electron chi connectivity index (χ0n) is 19.5. The number of aliphatic carboxylic acids is 1. The molecule has 3 rings (SSSR count). The van der Waals surface area contributed by atoms with Crippen LogP contribution in [0.25, 0.3) is 11.1 Å². The van der Waals surface area contributed by atoms with Gasteiger partial charge < -0.3 is 20.5 Å². The van der Waals surface area contributed by atoms with Crippen molar-refractivity contribution in [3.05, 3.63) is 59.7 Å². The Morgan fingerprint density at radius 3 is 1.91 bits per heavy atom. The number of benzene rings is 2. The highest BCUT2D eigenvalue weighted by molar-refractivity contribution is 5.86. The van der Waals surface area contributed by atoms with E-state index in [2.05, 4.69) is 22.8 Å². The Hall–Kier alpha value is -3.35. The van der Waals surface area contributed by atoms with Crippen molar-refractivity contribution in [2.45, 2.75) is 52.1 Å². The van der Waals surface area contributed by atoms with Crippen molar-refractivity contribution in [3.63, 3.8) is 0 Å². The second-order valence-electron chi connectivity index (χ2n) is 9.15. The molecule has 176 valence electrons. The number of hydrogen-bond acceptors (Lipinski definition) is 4. The third kappa shape index (κ3) is 5.72. The highest BCUT2D eigenvalue weighted by atomic mass is 16.5. The number of fused-ring (bicyclic) bond motifs is 3. The Morgan fingerprint density at radius 1 is 0.879 bits per heavy atom. The van der Waals surface area contributed by atoms with E-state index in [0.717, 1.165) is 22.3 Å². The Kier molecular flexibility index (Phi) is 7.74. The molecular formula is C26H32N2O5. The monoisotopic (exact) mass is 452 g/mol. The van der Waals surface area contributed by atoms with Crippen LogP contribution in [-0.4, -0.2) is 41.8 Å². The maximum Gasteiger partial charge on any atom is 0.407 e. The van der Waals surface area contributed by atoms with E-state index < -0.39 is 30.1 Å². The topological polar surface area (TPSA) is 105 Å². The van der Waals surface area contributed by atoms with Crippen molar-refractivity contribution in [3.8, 4) is 11.1 Å². The van der Waals surface area contributed by atoms with Crippen LogP contribution in [0.2, 0.25) is 0 Å². The molecule has 2 aromatic rings. The smallest absolute Gasteiger partial charge is 0.407 e. The summed E-state index contributed by atoms with van der Waals surface area (Å²) in [6, 6.07) is 14.8. The van der Waals surface area contributed by atoms with E-state index in [9.17, 15) is 14.4 Å². The molecule has 1 unspecified atom stereocenters. The summed E-state index contributed by atoms with van der Waals surface area (Å²) >= 11 is 0. The summed E-state index contributed by atoms with van der Waals surface area (Å²) in [5, 5.41) is 14.5. The molecule has 0 spiro atoms. The van der Waals surface area contributed by atoms with Crippen LogP contribution in [0.15, 0.2) is 48.5 Å². The first-order chi connectivity index (χ1) is 15.7. The molecule has 2 amide bonds. The zero-order valence-corrected chi connectivity index (χ0v) is 19.5. The maximum absolute atomic E-state index is 12.8. The van der Waals surface area contributed by atoms with Gasteiger partial charge in [0.05, 0.1) is 6.42 Å². The Labute approximate surface area is 194 Å². The third-order valence-electron chi connectivity index (χ3n) is 6.09. The van der Waals surface area contributed by atoms with Gasteiger partial charge in [-0.25, -0.2) is 4.79 Å². The van der Waals surface area contributed by atoms with Crippen LogP contribution in [-0.2, 0) is 14.3 Å². The molecule has 3 N–H and O–H groups in total. The van der Waals surface area contributed by atoms with Crippen molar-refractivity contribution >= 4 is 18.0 Å². The van der Waals surface area contributed by atoms with Gasteiger partial charge in [0.25, 0.3) is 0 Å². The van der Waals surface area contributed by atoms with Crippen molar-refractivity contribution in [2.24, 2.45) is 11.8 Å². The number of carbonyl (C=O) groups excluding carboxylic acids is 2. The molecule has 1 aliphatic carbocycles. The van der Waals surface area contributed by atoms with E-state index in [-0.39, 0.29) is 30.8 Å². The van der Waals surface area contributed by atoms with Gasteiger partial charge in [0.1, 0.15) is 12.6 Å². The highest BCUT2D eigenvalue weighted by Crippen LogP contribution is 2.44. The molecule has 7 heteroatoms. The predicted octanol–water partition coefficient (Wildman–Crippen LogP) is 4.17. The van der Waals surface area contributed by atoms with Crippen molar-refractivity contribution in [1.29, 1.82) is 0 Å². The van der Waals surface area contributed by atoms with Gasteiger partial charge in [-0.15, -0.1) is 0 Å². The minimum atomic E-state index is -0.986. The summed E-state index contributed by atoms with van der Waals surface area (Å²) in [5.41, 5.74) is 4.50. The molecule has 33 heavy (non-hydrogen) atoms. The highest BCUT2D eigenvalue weighted by Gasteiger charge is 2.31. The lowest BCUT2D eigenvalue weighted by atomic mass is 9.98. The average Bonchev–Trinajstić information content (AvgIpc) is 3.08. The Balaban J connectivity index is 1.65. The van der Waals surface area contributed by atoms with E-state index in [4.69, 9.17) is 9.84 Å². The summed E-state index contributed by atoms with van der Waals surface area (Å²) in [6.07, 6.45) is -0.857. The Bertz CT molecular complexity index is 972. The molecule has 0 saturated heterocycles. The number of rotatable bonds is 9. The van der Waals surface area contributed by atoms with Crippen LogP contribution < -0.4 is 10.6 Å². The largest absolute Gasteiger partial charge is 0.481 e. The number of hydrogen-bond donors (Lipinski definition) is 3. The maximum atomic E-state index is 12.8. The molecule has 0 aliphatic heterocycles. The first-order valence-electron chi connectivity index (χ1n) is 11.3. The molecular weight excluding hydrogens is 420 g/mol. The summed E-state index contributed by atoms with van der Waals surface area (Å²) in [4.78, 5) is 36.6. The molecule has 0 radical (unpaired) electrons. The summed E-state index contributed by atoms with van der Waals surface area (Å²) in [5.74, 6) is -1.75. The van der Waals surface area contributed by atoms with Gasteiger partial charge in [-0.05, 0) is 34.1 Å². The normalized spacial score (nSPS) is 14.4. The summed E-state index contributed by atoms with van der Waals surface area (Å²) in [6.45, 7) is 7.47. The number of ether oxygens (including phenoxy) is 1. The van der Waals surface area contributed by atoms with Crippen LogP contribution in [0.4, 0.5) is 4.79 Å². The van der Waals surface area contributed by atoms with E-state index in [1.807, 2.05) is 64.1 Å². The molecule has 0 heterocycles. The van der Waals surface area contributed by atoms with Crippen molar-refractivity contribution in [1.82, 2.24) is 10.6 Å². The average molecular weight is 453 g/mol. The lowest BCUT2D eigenvalue weighted by Crippen LogP contribution is -2.53. The predicted molar refractivity (Wildman–Crippen MR) is 126 cm³/mol. The fourth-order valence-corrected chi connectivity index (χ4v) is 4.22. The van der Waals surface area contributed by atoms with Gasteiger partial charge in [-0.2, -0.15) is 0 Å². The minimum absolute atomic E-state index is 0.0627. The van der Waals surface area contributed by atoms with Crippen LogP contribution >= 0.6 is 0 Å². The lowest BCUT2D eigenvalue weighted by Gasteiger charge is -2.26. The number of carbonyl (C=O) groups is 3. The molecule has 2 atom stereocenters. The number of carboxylic acids is 1. The fraction of sp³-hybridized carbons (Fsp3) is 0.423. The van der Waals surface area contributed by atoms with Gasteiger partial charge in [0.15, 0.2) is 0 Å². The molecule has 0 aromatic heterocycles. The lowest BCUT2D eigenvalue weighted by molar-refractivity contribution is -0.138. The summed E-state index contributed by atoms with van der Waals surface area (Å²) in [7, 11) is 0. The zero-order chi connectivity index (χ0) is 24.1.